The van der Waals surface area contributed by atoms with Gasteiger partial charge < -0.3 is 21.2 Å². The van der Waals surface area contributed by atoms with Crippen LogP contribution in [0.2, 0.25) is 0 Å². The number of oxime groups is 1. The lowest BCUT2D eigenvalue weighted by atomic mass is 10.1. The van der Waals surface area contributed by atoms with Crippen molar-refractivity contribution in [3.8, 4) is 0 Å². The molecule has 1 aromatic rings. The first kappa shape index (κ1) is 15.9. The molecule has 1 aromatic carbocycles. The van der Waals surface area contributed by atoms with Crippen molar-refractivity contribution in [2.75, 3.05) is 20.6 Å². The average Bonchev–Trinajstić information content (AvgIpc) is 2.41. The number of carbonyl (C=O) groups excluding carboxylic acids is 1. The summed E-state index contributed by atoms with van der Waals surface area (Å²) >= 11 is 0. The van der Waals surface area contributed by atoms with Crippen molar-refractivity contribution in [3.63, 3.8) is 0 Å². The van der Waals surface area contributed by atoms with Crippen LogP contribution < -0.4 is 11.1 Å². The summed E-state index contributed by atoms with van der Waals surface area (Å²) in [5.74, 6) is -0.585. The minimum Gasteiger partial charge on any atom is -0.409 e. The minimum atomic E-state index is -0.463. The van der Waals surface area contributed by atoms with Gasteiger partial charge in [0.1, 0.15) is 5.82 Å². The lowest BCUT2D eigenvalue weighted by Gasteiger charge is -2.11. The summed E-state index contributed by atoms with van der Waals surface area (Å²) in [6, 6.07) is 4.17. The average molecular weight is 282 g/mol. The molecule has 0 radical (unpaired) electrons. The summed E-state index contributed by atoms with van der Waals surface area (Å²) in [6.07, 6.45) is 0.370. The fraction of sp³-hybridized carbons (Fsp3) is 0.385. The number of carbonyl (C=O) groups is 1. The summed E-state index contributed by atoms with van der Waals surface area (Å²) in [7, 11) is 3.39. The van der Waals surface area contributed by atoms with Crippen molar-refractivity contribution in [3.05, 3.63) is 35.1 Å². The van der Waals surface area contributed by atoms with E-state index in [0.717, 1.165) is 0 Å². The highest BCUT2D eigenvalue weighted by molar-refractivity contribution is 5.97. The Labute approximate surface area is 117 Å². The molecule has 4 N–H and O–H groups in total. The predicted octanol–water partition coefficient (Wildman–Crippen LogP) is 0.488. The SMILES string of the molecule is CN(C)C(=O)CCNCc1cc(F)cc(/C(N)=N/O)c1. The largest absolute Gasteiger partial charge is 0.409 e. The smallest absolute Gasteiger partial charge is 0.223 e. The van der Waals surface area contributed by atoms with Gasteiger partial charge >= 0.3 is 0 Å². The number of nitrogens with zero attached hydrogens (tertiary/aromatic N) is 2. The molecular formula is C13H19FN4O2. The fourth-order valence-corrected chi connectivity index (χ4v) is 1.61. The maximum atomic E-state index is 13.4. The van der Waals surface area contributed by atoms with Gasteiger partial charge in [0.05, 0.1) is 0 Å². The van der Waals surface area contributed by atoms with E-state index >= 15 is 0 Å². The first-order valence-corrected chi connectivity index (χ1v) is 6.12. The van der Waals surface area contributed by atoms with Crippen LogP contribution in [0.3, 0.4) is 0 Å². The van der Waals surface area contributed by atoms with E-state index in [4.69, 9.17) is 10.9 Å². The Morgan fingerprint density at radius 1 is 1.45 bits per heavy atom. The third-order valence-electron chi connectivity index (χ3n) is 2.70. The molecule has 0 aliphatic carbocycles. The highest BCUT2D eigenvalue weighted by atomic mass is 19.1. The molecular weight excluding hydrogens is 263 g/mol. The summed E-state index contributed by atoms with van der Waals surface area (Å²) in [5.41, 5.74) is 6.39. The maximum Gasteiger partial charge on any atom is 0.223 e. The van der Waals surface area contributed by atoms with Gasteiger partial charge in [-0.15, -0.1) is 0 Å². The normalized spacial score (nSPS) is 11.4. The van der Waals surface area contributed by atoms with Gasteiger partial charge in [0.25, 0.3) is 0 Å². The second kappa shape index (κ2) is 7.44. The first-order valence-electron chi connectivity index (χ1n) is 6.12. The Bertz CT molecular complexity index is 503. The van der Waals surface area contributed by atoms with Gasteiger partial charge in [-0.25, -0.2) is 4.39 Å². The Morgan fingerprint density at radius 3 is 2.75 bits per heavy atom. The molecule has 0 saturated heterocycles. The molecule has 0 saturated carbocycles. The van der Waals surface area contributed by atoms with E-state index in [-0.39, 0.29) is 11.7 Å². The third kappa shape index (κ3) is 4.85. The van der Waals surface area contributed by atoms with E-state index in [1.54, 1.807) is 20.2 Å². The van der Waals surface area contributed by atoms with E-state index < -0.39 is 5.82 Å². The van der Waals surface area contributed by atoms with Crippen LogP contribution in [0.15, 0.2) is 23.4 Å². The molecule has 0 unspecified atom stereocenters. The van der Waals surface area contributed by atoms with Crippen LogP contribution in [0.1, 0.15) is 17.5 Å². The Kier molecular flexibility index (Phi) is 5.92. The standard InChI is InChI=1S/C13H19FN4O2/c1-18(2)12(19)3-4-16-8-9-5-10(13(15)17-20)7-11(14)6-9/h5-7,16,20H,3-4,8H2,1-2H3,(H2,15,17). The molecule has 20 heavy (non-hydrogen) atoms. The van der Waals surface area contributed by atoms with Gasteiger partial charge in [0, 0.05) is 39.2 Å². The van der Waals surface area contributed by atoms with Crippen LogP contribution >= 0.6 is 0 Å². The van der Waals surface area contributed by atoms with Crippen molar-refractivity contribution in [1.82, 2.24) is 10.2 Å². The minimum absolute atomic E-state index is 0.0223. The van der Waals surface area contributed by atoms with Crippen molar-refractivity contribution in [2.45, 2.75) is 13.0 Å². The van der Waals surface area contributed by atoms with E-state index in [1.165, 1.54) is 17.0 Å². The molecule has 0 heterocycles. The second-order valence-corrected chi connectivity index (χ2v) is 4.55. The molecule has 0 aromatic heterocycles. The zero-order chi connectivity index (χ0) is 15.1. The Hall–Kier alpha value is -2.15. The number of halogens is 1. The molecule has 1 rings (SSSR count). The number of benzene rings is 1. The van der Waals surface area contributed by atoms with Crippen LogP contribution in [-0.4, -0.2) is 42.5 Å². The maximum absolute atomic E-state index is 13.4. The van der Waals surface area contributed by atoms with E-state index in [1.807, 2.05) is 0 Å². The molecule has 110 valence electrons. The van der Waals surface area contributed by atoms with Gasteiger partial charge in [0.2, 0.25) is 5.91 Å². The van der Waals surface area contributed by atoms with Crippen molar-refractivity contribution < 1.29 is 14.4 Å². The van der Waals surface area contributed by atoms with Crippen molar-refractivity contribution in [1.29, 1.82) is 0 Å². The van der Waals surface area contributed by atoms with E-state index in [2.05, 4.69) is 10.5 Å². The molecule has 0 atom stereocenters. The number of nitrogens with two attached hydrogens (primary N) is 1. The number of amides is 1. The number of nitrogens with one attached hydrogen (secondary N) is 1. The van der Waals surface area contributed by atoms with Crippen molar-refractivity contribution in [2.24, 2.45) is 10.9 Å². The number of hydrogen-bond donors (Lipinski definition) is 3. The van der Waals surface area contributed by atoms with Crippen LogP contribution in [0.25, 0.3) is 0 Å². The topological polar surface area (TPSA) is 91.0 Å². The van der Waals surface area contributed by atoms with Gasteiger partial charge in [-0.2, -0.15) is 0 Å². The molecule has 7 heteroatoms. The number of rotatable bonds is 6. The van der Waals surface area contributed by atoms with Gasteiger partial charge in [0.15, 0.2) is 5.84 Å². The van der Waals surface area contributed by atoms with Crippen molar-refractivity contribution >= 4 is 11.7 Å². The molecule has 0 bridgehead atoms. The monoisotopic (exact) mass is 282 g/mol. The summed E-state index contributed by atoms with van der Waals surface area (Å²) in [4.78, 5) is 12.9. The van der Waals surface area contributed by atoms with Gasteiger partial charge in [-0.1, -0.05) is 5.16 Å². The van der Waals surface area contributed by atoms with Crippen LogP contribution in [-0.2, 0) is 11.3 Å². The first-order chi connectivity index (χ1) is 9.43. The Balaban J connectivity index is 2.56. The van der Waals surface area contributed by atoms with Gasteiger partial charge in [-0.05, 0) is 23.8 Å². The van der Waals surface area contributed by atoms with Crippen LogP contribution in [0.5, 0.6) is 0 Å². The zero-order valence-electron chi connectivity index (χ0n) is 11.6. The van der Waals surface area contributed by atoms with Gasteiger partial charge in [-0.3, -0.25) is 4.79 Å². The summed E-state index contributed by atoms with van der Waals surface area (Å²) in [5, 5.41) is 14.5. The van der Waals surface area contributed by atoms with Crippen LogP contribution in [0.4, 0.5) is 4.39 Å². The highest BCUT2D eigenvalue weighted by Gasteiger charge is 2.06. The molecule has 0 fully saturated rings. The summed E-state index contributed by atoms with van der Waals surface area (Å²) < 4.78 is 13.4. The lowest BCUT2D eigenvalue weighted by molar-refractivity contribution is -0.128. The van der Waals surface area contributed by atoms with E-state index in [0.29, 0.717) is 30.6 Å². The number of amidine groups is 1. The highest BCUT2D eigenvalue weighted by Crippen LogP contribution is 2.09. The molecule has 1 amide bonds. The predicted molar refractivity (Wildman–Crippen MR) is 73.9 cm³/mol. The summed E-state index contributed by atoms with van der Waals surface area (Å²) in [6.45, 7) is 0.886. The van der Waals surface area contributed by atoms with E-state index in [9.17, 15) is 9.18 Å². The third-order valence-corrected chi connectivity index (χ3v) is 2.70. The molecule has 6 nitrogen and oxygen atoms in total. The lowest BCUT2D eigenvalue weighted by Crippen LogP contribution is -2.26. The number of hydrogen-bond acceptors (Lipinski definition) is 4. The fourth-order valence-electron chi connectivity index (χ4n) is 1.61. The quantitative estimate of drug-likeness (QED) is 0.233. The Morgan fingerprint density at radius 2 is 2.15 bits per heavy atom. The molecule has 0 spiro atoms. The second-order valence-electron chi connectivity index (χ2n) is 4.55. The van der Waals surface area contributed by atoms with Crippen LogP contribution in [0, 0.1) is 5.82 Å². The molecule has 0 aliphatic rings. The molecule has 0 aliphatic heterocycles. The zero-order valence-corrected chi connectivity index (χ0v) is 11.6.